The third-order valence-electron chi connectivity index (χ3n) is 3.01. The summed E-state index contributed by atoms with van der Waals surface area (Å²) < 4.78 is 113. The third kappa shape index (κ3) is 2.97. The van der Waals surface area contributed by atoms with E-state index in [-0.39, 0.29) is 10.5 Å². The van der Waals surface area contributed by atoms with Crippen LogP contribution in [0, 0.1) is 13.8 Å². The fourth-order valence-corrected chi connectivity index (χ4v) is 1.91. The molecule has 0 aliphatic heterocycles. The second-order valence-electron chi connectivity index (χ2n) is 4.78. The van der Waals surface area contributed by atoms with E-state index in [9.17, 15) is 4.79 Å². The number of carbonyl (C=O) groups is 1. The number of imidazole rings is 1. The van der Waals surface area contributed by atoms with Crippen LogP contribution < -0.4 is 0 Å². The Bertz CT molecular complexity index is 1410. The standard InChI is InChI=1S/C19H21N3O/c1-13-5-8-15(9-6-13)19-16(11-18(23)21(3)4)22-12-14(2)7-10-17(22)20-19/h5-10,12H,11H2,1-4H3/i2D3,3D3,5D,6D,7D,8D,9D,10D,11D,12D. The average molecular weight is 321 g/mol. The number of likely N-dealkylation sites (N-methyl/N-ethyl adjacent to an activating group) is 1. The average Bonchev–Trinajstić information content (AvgIpc) is 3.17. The van der Waals surface area contributed by atoms with Gasteiger partial charge in [-0.05, 0) is 25.4 Å². The summed E-state index contributed by atoms with van der Waals surface area (Å²) in [7, 11) is 0.897. The predicted octanol–water partition coefficient (Wildman–Crippen LogP) is 3.25. The molecule has 1 atom stereocenters. The monoisotopic (exact) mass is 321 g/mol. The van der Waals surface area contributed by atoms with Crippen LogP contribution in [0.3, 0.4) is 0 Å². The molecule has 0 spiro atoms. The maximum atomic E-state index is 13.0. The van der Waals surface area contributed by atoms with E-state index < -0.39 is 96.7 Å². The van der Waals surface area contributed by atoms with Gasteiger partial charge in [0.15, 0.2) is 0 Å². The van der Waals surface area contributed by atoms with E-state index in [1.54, 1.807) is 0 Å². The number of amides is 1. The molecule has 0 fully saturated rings. The zero-order valence-electron chi connectivity index (χ0n) is 26.3. The van der Waals surface area contributed by atoms with Crippen molar-refractivity contribution in [2.24, 2.45) is 0 Å². The van der Waals surface area contributed by atoms with Crippen LogP contribution >= 0.6 is 0 Å². The summed E-state index contributed by atoms with van der Waals surface area (Å²) in [5.41, 5.74) is -3.13. The molecule has 2 aromatic heterocycles. The van der Waals surface area contributed by atoms with Gasteiger partial charge < -0.3 is 9.30 Å². The highest BCUT2D eigenvalue weighted by molar-refractivity contribution is 5.81. The number of benzene rings is 1. The molecule has 4 nitrogen and oxygen atoms in total. The number of carbonyl (C=O) groups excluding carboxylic acids is 1. The van der Waals surface area contributed by atoms with Crippen molar-refractivity contribution in [3.63, 3.8) is 0 Å². The van der Waals surface area contributed by atoms with E-state index in [1.807, 2.05) is 0 Å². The zero-order chi connectivity index (χ0) is 28.5. The molecular weight excluding hydrogens is 286 g/mol. The quantitative estimate of drug-likeness (QED) is 0.742. The Morgan fingerprint density at radius 3 is 2.74 bits per heavy atom. The Hall–Kier alpha value is -2.62. The lowest BCUT2D eigenvalue weighted by Crippen LogP contribution is -2.24. The van der Waals surface area contributed by atoms with Crippen LogP contribution in [0.2, 0.25) is 0 Å². The zero-order valence-corrected chi connectivity index (χ0v) is 12.3. The SMILES string of the molecule is [2H]c1c([2H])c(-c2nc3c([2H])c([2H])c(C([2H])([2H])[2H])c([2H])n3c2C([2H])C(=O)N(C)C([2H])([2H])[2H])c([2H])c([2H])c1C. The van der Waals surface area contributed by atoms with Crippen molar-refractivity contribution in [2.75, 3.05) is 14.0 Å². The first-order chi connectivity index (χ1) is 16.7. The van der Waals surface area contributed by atoms with Crippen molar-refractivity contribution in [3.05, 3.63) is 59.2 Å². The molecule has 2 heterocycles. The molecular formula is C19H21N3O. The summed E-state index contributed by atoms with van der Waals surface area (Å²) in [6, 6.07) is -3.82. The number of fused-ring (bicyclic) bond motifs is 1. The number of hydrogen-bond acceptors (Lipinski definition) is 2. The lowest BCUT2D eigenvalue weighted by Gasteiger charge is -2.11. The number of aromatic nitrogens is 2. The van der Waals surface area contributed by atoms with E-state index in [0.717, 1.165) is 7.05 Å². The molecule has 0 bridgehead atoms. The summed E-state index contributed by atoms with van der Waals surface area (Å²) in [6.45, 7) is -4.70. The van der Waals surface area contributed by atoms with Gasteiger partial charge in [-0.25, -0.2) is 4.98 Å². The summed E-state index contributed by atoms with van der Waals surface area (Å²) in [5, 5.41) is 0. The van der Waals surface area contributed by atoms with Crippen LogP contribution in [0.25, 0.3) is 16.9 Å². The smallest absolute Gasteiger partial charge is 0.228 e. The van der Waals surface area contributed by atoms with Crippen LogP contribution in [0.5, 0.6) is 0 Å². The Kier molecular flexibility index (Phi) is 1.48. The van der Waals surface area contributed by atoms with E-state index in [0.29, 0.717) is 4.40 Å². The first-order valence-electron chi connectivity index (χ1n) is 13.6. The summed E-state index contributed by atoms with van der Waals surface area (Å²) >= 11 is 0. The normalized spacial score (nSPS) is 22.2. The van der Waals surface area contributed by atoms with Gasteiger partial charge in [-0.1, -0.05) is 35.8 Å². The number of hydrogen-bond donors (Lipinski definition) is 0. The van der Waals surface area contributed by atoms with Gasteiger partial charge in [0.1, 0.15) is 5.65 Å². The van der Waals surface area contributed by atoms with Crippen molar-refractivity contribution in [3.8, 4) is 11.3 Å². The van der Waals surface area contributed by atoms with E-state index in [2.05, 4.69) is 4.98 Å². The highest BCUT2D eigenvalue weighted by Gasteiger charge is 2.18. The van der Waals surface area contributed by atoms with Gasteiger partial charge in [0.05, 0.1) is 27.4 Å². The second-order valence-corrected chi connectivity index (χ2v) is 4.78. The molecule has 0 saturated carbocycles. The number of pyridine rings is 1. The third-order valence-corrected chi connectivity index (χ3v) is 3.01. The molecule has 23 heavy (non-hydrogen) atoms. The van der Waals surface area contributed by atoms with Crippen molar-refractivity contribution in [1.82, 2.24) is 14.3 Å². The van der Waals surface area contributed by atoms with Gasteiger partial charge >= 0.3 is 0 Å². The summed E-state index contributed by atoms with van der Waals surface area (Å²) in [4.78, 5) is 17.4. The predicted molar refractivity (Wildman–Crippen MR) is 92.5 cm³/mol. The van der Waals surface area contributed by atoms with Crippen LogP contribution in [0.1, 0.15) is 36.0 Å². The topological polar surface area (TPSA) is 37.6 Å². The van der Waals surface area contributed by atoms with Gasteiger partial charge in [0.2, 0.25) is 5.91 Å². The minimum atomic E-state index is -3.06. The molecule has 1 aromatic carbocycles. The molecule has 0 radical (unpaired) electrons. The maximum absolute atomic E-state index is 13.0. The first kappa shape index (κ1) is 5.78. The largest absolute Gasteiger partial charge is 0.348 e. The first-order valence-corrected chi connectivity index (χ1v) is 6.54. The van der Waals surface area contributed by atoms with E-state index in [4.69, 9.17) is 19.2 Å². The van der Waals surface area contributed by atoms with Gasteiger partial charge in [-0.3, -0.25) is 4.79 Å². The van der Waals surface area contributed by atoms with Gasteiger partial charge in [0, 0.05) is 35.4 Å². The fourth-order valence-electron chi connectivity index (χ4n) is 1.91. The molecule has 1 amide bonds. The molecule has 0 aliphatic carbocycles. The molecule has 0 N–H and O–H groups in total. The highest BCUT2D eigenvalue weighted by atomic mass is 16.2. The van der Waals surface area contributed by atoms with Crippen molar-refractivity contribution < 1.29 is 24.0 Å². The Labute approximate surface area is 156 Å². The molecule has 4 heteroatoms. The maximum Gasteiger partial charge on any atom is 0.228 e. The van der Waals surface area contributed by atoms with Gasteiger partial charge in [-0.15, -0.1) is 0 Å². The lowest BCUT2D eigenvalue weighted by molar-refractivity contribution is -0.128. The Balaban J connectivity index is 2.60. The Morgan fingerprint density at radius 2 is 2.04 bits per heavy atom. The lowest BCUT2D eigenvalue weighted by atomic mass is 10.1. The van der Waals surface area contributed by atoms with E-state index in [1.165, 1.54) is 6.92 Å². The molecule has 1 unspecified atom stereocenters. The molecule has 0 aliphatic rings. The summed E-state index contributed by atoms with van der Waals surface area (Å²) in [5.74, 6) is -1.33. The minimum absolute atomic E-state index is 0.00908. The fraction of sp³-hybridized carbons (Fsp3) is 0.263. The Morgan fingerprint density at radius 1 is 1.30 bits per heavy atom. The molecule has 0 saturated heterocycles. The number of rotatable bonds is 3. The van der Waals surface area contributed by atoms with Crippen LogP contribution in [0.15, 0.2) is 42.4 Å². The molecule has 118 valence electrons. The minimum Gasteiger partial charge on any atom is -0.348 e. The second kappa shape index (κ2) is 5.88. The van der Waals surface area contributed by atoms with Crippen molar-refractivity contribution in [2.45, 2.75) is 20.2 Å². The van der Waals surface area contributed by atoms with Gasteiger partial charge in [0.25, 0.3) is 0 Å². The number of nitrogens with zero attached hydrogens (tertiary/aromatic N) is 3. The van der Waals surface area contributed by atoms with Crippen LogP contribution in [-0.4, -0.2) is 34.2 Å². The van der Waals surface area contributed by atoms with Crippen LogP contribution in [-0.2, 0) is 11.2 Å². The van der Waals surface area contributed by atoms with Crippen LogP contribution in [0.4, 0.5) is 0 Å². The molecule has 3 rings (SSSR count). The summed E-state index contributed by atoms with van der Waals surface area (Å²) in [6.07, 6.45) is -3.13. The van der Waals surface area contributed by atoms with Crippen molar-refractivity contribution in [1.29, 1.82) is 0 Å². The van der Waals surface area contributed by atoms with E-state index >= 15 is 0 Å². The van der Waals surface area contributed by atoms with Gasteiger partial charge in [-0.2, -0.15) is 0 Å². The van der Waals surface area contributed by atoms with Crippen molar-refractivity contribution >= 4 is 11.6 Å². The highest BCUT2D eigenvalue weighted by Crippen LogP contribution is 2.26. The molecule has 3 aromatic rings.